The summed E-state index contributed by atoms with van der Waals surface area (Å²) in [5.41, 5.74) is 0.861. The van der Waals surface area contributed by atoms with Gasteiger partial charge in [0.15, 0.2) is 0 Å². The zero-order valence-corrected chi connectivity index (χ0v) is 11.7. The zero-order valence-electron chi connectivity index (χ0n) is 11.7. The van der Waals surface area contributed by atoms with Crippen molar-refractivity contribution in [2.24, 2.45) is 11.8 Å². The Balaban J connectivity index is 1.46. The van der Waals surface area contributed by atoms with Gasteiger partial charge in [-0.3, -0.25) is 4.90 Å². The number of nitrogens with zero attached hydrogens (tertiary/aromatic N) is 1. The molecule has 2 aliphatic rings. The van der Waals surface area contributed by atoms with Gasteiger partial charge in [0.2, 0.25) is 0 Å². The first-order valence-electron chi connectivity index (χ1n) is 7.68. The fourth-order valence-corrected chi connectivity index (χ4v) is 3.98. The molecule has 1 saturated carbocycles. The van der Waals surface area contributed by atoms with Crippen LogP contribution >= 0.6 is 0 Å². The number of fused-ring (bicyclic) bond motifs is 2. The number of aliphatic hydroxyl groups is 1. The summed E-state index contributed by atoms with van der Waals surface area (Å²) >= 11 is 0. The van der Waals surface area contributed by atoms with Gasteiger partial charge in [0.25, 0.3) is 0 Å². The molecule has 106 valence electrons. The van der Waals surface area contributed by atoms with Crippen LogP contribution in [0, 0.1) is 11.8 Å². The van der Waals surface area contributed by atoms with Crippen LogP contribution in [0.25, 0.3) is 11.0 Å². The quantitative estimate of drug-likeness (QED) is 0.931. The number of benzene rings is 1. The van der Waals surface area contributed by atoms with E-state index in [9.17, 15) is 5.11 Å². The van der Waals surface area contributed by atoms with Crippen LogP contribution in [-0.2, 0) is 0 Å². The first-order chi connectivity index (χ1) is 9.79. The minimum atomic E-state index is -0.513. The Morgan fingerprint density at radius 3 is 2.70 bits per heavy atom. The number of hydrogen-bond donors (Lipinski definition) is 1. The molecule has 0 amide bonds. The molecule has 1 aromatic carbocycles. The molecule has 3 unspecified atom stereocenters. The number of para-hydroxylation sites is 1. The summed E-state index contributed by atoms with van der Waals surface area (Å²) in [7, 11) is 0. The Bertz CT molecular complexity index is 561. The molecule has 20 heavy (non-hydrogen) atoms. The van der Waals surface area contributed by atoms with E-state index in [1.807, 2.05) is 30.3 Å². The van der Waals surface area contributed by atoms with Gasteiger partial charge in [-0.05, 0) is 36.8 Å². The third-order valence-electron chi connectivity index (χ3n) is 5.01. The molecule has 0 bridgehead atoms. The van der Waals surface area contributed by atoms with Crippen LogP contribution in [0.15, 0.2) is 34.7 Å². The summed E-state index contributed by atoms with van der Waals surface area (Å²) in [6.07, 6.45) is 3.64. The maximum absolute atomic E-state index is 10.4. The van der Waals surface area contributed by atoms with E-state index in [1.165, 1.54) is 19.3 Å². The Kier molecular flexibility index (Phi) is 3.04. The molecule has 1 saturated heterocycles. The summed E-state index contributed by atoms with van der Waals surface area (Å²) in [5, 5.41) is 11.5. The topological polar surface area (TPSA) is 36.6 Å². The van der Waals surface area contributed by atoms with Gasteiger partial charge < -0.3 is 9.52 Å². The number of likely N-dealkylation sites (tertiary alicyclic amines) is 1. The fourth-order valence-electron chi connectivity index (χ4n) is 3.98. The third kappa shape index (κ3) is 2.15. The van der Waals surface area contributed by atoms with Crippen LogP contribution in [0.4, 0.5) is 0 Å². The van der Waals surface area contributed by atoms with Gasteiger partial charge in [-0.2, -0.15) is 0 Å². The summed E-state index contributed by atoms with van der Waals surface area (Å²) < 4.78 is 5.76. The second kappa shape index (κ2) is 4.90. The Morgan fingerprint density at radius 1 is 1.20 bits per heavy atom. The molecule has 4 rings (SSSR count). The molecule has 3 atom stereocenters. The van der Waals surface area contributed by atoms with E-state index in [4.69, 9.17) is 4.42 Å². The molecule has 2 fully saturated rings. The van der Waals surface area contributed by atoms with Crippen LogP contribution in [0.5, 0.6) is 0 Å². The number of hydrogen-bond acceptors (Lipinski definition) is 3. The molecule has 0 spiro atoms. The highest BCUT2D eigenvalue weighted by molar-refractivity contribution is 5.77. The van der Waals surface area contributed by atoms with Gasteiger partial charge >= 0.3 is 0 Å². The SMILES string of the molecule is OC(CN1CC2CCCC2C1)c1cc2ccccc2o1. The molecule has 2 aromatic rings. The van der Waals surface area contributed by atoms with Gasteiger partial charge in [-0.15, -0.1) is 0 Å². The van der Waals surface area contributed by atoms with E-state index in [1.54, 1.807) is 0 Å². The van der Waals surface area contributed by atoms with Gasteiger partial charge in [0.1, 0.15) is 17.4 Å². The molecular weight excluding hydrogens is 250 g/mol. The van der Waals surface area contributed by atoms with E-state index in [0.29, 0.717) is 12.3 Å². The molecule has 3 nitrogen and oxygen atoms in total. The predicted octanol–water partition coefficient (Wildman–Crippen LogP) is 3.20. The summed E-state index contributed by atoms with van der Waals surface area (Å²) in [6, 6.07) is 9.90. The van der Waals surface area contributed by atoms with Crippen LogP contribution in [0.2, 0.25) is 0 Å². The largest absolute Gasteiger partial charge is 0.458 e. The Labute approximate surface area is 119 Å². The highest BCUT2D eigenvalue weighted by Gasteiger charge is 2.36. The monoisotopic (exact) mass is 271 g/mol. The highest BCUT2D eigenvalue weighted by atomic mass is 16.4. The number of rotatable bonds is 3. The highest BCUT2D eigenvalue weighted by Crippen LogP contribution is 2.38. The smallest absolute Gasteiger partial charge is 0.135 e. The summed E-state index contributed by atoms with van der Waals surface area (Å²) in [6.45, 7) is 3.01. The average Bonchev–Trinajstić information content (AvgIpc) is 3.10. The second-order valence-electron chi connectivity index (χ2n) is 6.37. The Morgan fingerprint density at radius 2 is 1.95 bits per heavy atom. The third-order valence-corrected chi connectivity index (χ3v) is 5.01. The van der Waals surface area contributed by atoms with Crippen molar-refractivity contribution < 1.29 is 9.52 Å². The van der Waals surface area contributed by atoms with Crippen LogP contribution in [0.1, 0.15) is 31.1 Å². The van der Waals surface area contributed by atoms with Crippen molar-refractivity contribution >= 4 is 11.0 Å². The lowest BCUT2D eigenvalue weighted by Gasteiger charge is -2.19. The van der Waals surface area contributed by atoms with Crippen molar-refractivity contribution in [1.29, 1.82) is 0 Å². The lowest BCUT2D eigenvalue weighted by atomic mass is 10.0. The van der Waals surface area contributed by atoms with Crippen molar-refractivity contribution in [2.75, 3.05) is 19.6 Å². The van der Waals surface area contributed by atoms with Crippen LogP contribution in [-0.4, -0.2) is 29.6 Å². The first kappa shape index (κ1) is 12.4. The minimum absolute atomic E-state index is 0.513. The number of furan rings is 1. The van der Waals surface area contributed by atoms with E-state index in [2.05, 4.69) is 4.90 Å². The molecule has 1 aliphatic carbocycles. The van der Waals surface area contributed by atoms with Gasteiger partial charge in [-0.25, -0.2) is 0 Å². The van der Waals surface area contributed by atoms with Crippen molar-refractivity contribution in [1.82, 2.24) is 4.90 Å². The molecule has 3 heteroatoms. The normalized spacial score (nSPS) is 28.1. The summed E-state index contributed by atoms with van der Waals surface area (Å²) in [4.78, 5) is 2.41. The fraction of sp³-hybridized carbons (Fsp3) is 0.529. The van der Waals surface area contributed by atoms with Crippen molar-refractivity contribution in [2.45, 2.75) is 25.4 Å². The van der Waals surface area contributed by atoms with Gasteiger partial charge in [0, 0.05) is 25.0 Å². The maximum atomic E-state index is 10.4. The van der Waals surface area contributed by atoms with Crippen molar-refractivity contribution in [3.05, 3.63) is 36.1 Å². The molecule has 1 N–H and O–H groups in total. The van der Waals surface area contributed by atoms with Gasteiger partial charge in [-0.1, -0.05) is 24.6 Å². The van der Waals surface area contributed by atoms with E-state index in [-0.39, 0.29) is 0 Å². The van der Waals surface area contributed by atoms with Crippen molar-refractivity contribution in [3.8, 4) is 0 Å². The number of aliphatic hydroxyl groups excluding tert-OH is 1. The van der Waals surface area contributed by atoms with Crippen LogP contribution < -0.4 is 0 Å². The lowest BCUT2D eigenvalue weighted by molar-refractivity contribution is 0.103. The predicted molar refractivity (Wildman–Crippen MR) is 78.4 cm³/mol. The lowest BCUT2D eigenvalue weighted by Crippen LogP contribution is -2.27. The second-order valence-corrected chi connectivity index (χ2v) is 6.37. The standard InChI is InChI=1S/C17H21NO2/c19-15(11-18-9-13-5-3-6-14(13)10-18)17-8-12-4-1-2-7-16(12)20-17/h1-2,4,7-8,13-15,19H,3,5-6,9-11H2. The summed E-state index contributed by atoms with van der Waals surface area (Å²) in [5.74, 6) is 2.44. The Hall–Kier alpha value is -1.32. The van der Waals surface area contributed by atoms with Crippen molar-refractivity contribution in [3.63, 3.8) is 0 Å². The average molecular weight is 271 g/mol. The van der Waals surface area contributed by atoms with E-state index < -0.39 is 6.10 Å². The maximum Gasteiger partial charge on any atom is 0.135 e. The molecular formula is C17H21NO2. The molecule has 2 heterocycles. The molecule has 1 aliphatic heterocycles. The first-order valence-corrected chi connectivity index (χ1v) is 7.68. The van der Waals surface area contributed by atoms with E-state index in [0.717, 1.165) is 35.9 Å². The zero-order chi connectivity index (χ0) is 13.5. The van der Waals surface area contributed by atoms with E-state index >= 15 is 0 Å². The molecule has 0 radical (unpaired) electrons. The minimum Gasteiger partial charge on any atom is -0.458 e. The molecule has 1 aromatic heterocycles. The van der Waals surface area contributed by atoms with Gasteiger partial charge in [0.05, 0.1) is 0 Å². The number of β-amino-alcohol motifs (C(OH)–C–C–N with tert-alkyl or cyclic N) is 1. The van der Waals surface area contributed by atoms with Crippen LogP contribution in [0.3, 0.4) is 0 Å².